The maximum absolute atomic E-state index is 6.00. The standard InChI is InChI=1S/C14H22ClN3/c1-10(2)13-6-14(18-9-17-13)16-8-12-5-3-4-11(12)7-15/h6,9-12H,3-5,7-8H2,1-2H3,(H,16,17,18). The third-order valence-electron chi connectivity index (χ3n) is 3.84. The lowest BCUT2D eigenvalue weighted by atomic mass is 9.98. The number of hydrogen-bond donors (Lipinski definition) is 1. The Labute approximate surface area is 114 Å². The van der Waals surface area contributed by atoms with Crippen LogP contribution in [-0.2, 0) is 0 Å². The number of halogens is 1. The van der Waals surface area contributed by atoms with Crippen molar-refractivity contribution >= 4 is 17.4 Å². The predicted octanol–water partition coefficient (Wildman–Crippen LogP) is 3.67. The van der Waals surface area contributed by atoms with Crippen molar-refractivity contribution in [3.8, 4) is 0 Å². The molecule has 0 aliphatic heterocycles. The molecule has 1 aromatic heterocycles. The van der Waals surface area contributed by atoms with Crippen molar-refractivity contribution in [1.82, 2.24) is 9.97 Å². The quantitative estimate of drug-likeness (QED) is 0.828. The van der Waals surface area contributed by atoms with E-state index >= 15 is 0 Å². The van der Waals surface area contributed by atoms with Crippen LogP contribution >= 0.6 is 11.6 Å². The monoisotopic (exact) mass is 267 g/mol. The summed E-state index contributed by atoms with van der Waals surface area (Å²) in [5.74, 6) is 3.53. The molecule has 0 saturated heterocycles. The van der Waals surface area contributed by atoms with Gasteiger partial charge >= 0.3 is 0 Å². The molecule has 4 heteroatoms. The zero-order valence-corrected chi connectivity index (χ0v) is 12.0. The van der Waals surface area contributed by atoms with Crippen LogP contribution in [0, 0.1) is 11.8 Å². The minimum atomic E-state index is 0.440. The van der Waals surface area contributed by atoms with Crippen LogP contribution in [0.15, 0.2) is 12.4 Å². The molecule has 2 rings (SSSR count). The molecule has 1 aliphatic carbocycles. The SMILES string of the molecule is CC(C)c1cc(NCC2CCCC2CCl)ncn1. The first-order chi connectivity index (χ1) is 8.70. The summed E-state index contributed by atoms with van der Waals surface area (Å²) in [6, 6.07) is 2.05. The van der Waals surface area contributed by atoms with E-state index in [-0.39, 0.29) is 0 Å². The summed E-state index contributed by atoms with van der Waals surface area (Å²) < 4.78 is 0. The summed E-state index contributed by atoms with van der Waals surface area (Å²) >= 11 is 6.00. The van der Waals surface area contributed by atoms with Crippen molar-refractivity contribution in [1.29, 1.82) is 0 Å². The third kappa shape index (κ3) is 3.35. The molecule has 1 saturated carbocycles. The van der Waals surface area contributed by atoms with Crippen molar-refractivity contribution < 1.29 is 0 Å². The van der Waals surface area contributed by atoms with Crippen LogP contribution in [-0.4, -0.2) is 22.4 Å². The number of hydrogen-bond acceptors (Lipinski definition) is 3. The molecular weight excluding hydrogens is 246 g/mol. The van der Waals surface area contributed by atoms with Gasteiger partial charge in [-0.3, -0.25) is 0 Å². The number of anilines is 1. The highest BCUT2D eigenvalue weighted by Gasteiger charge is 2.26. The minimum Gasteiger partial charge on any atom is -0.370 e. The predicted molar refractivity (Wildman–Crippen MR) is 76.2 cm³/mol. The topological polar surface area (TPSA) is 37.8 Å². The van der Waals surface area contributed by atoms with Gasteiger partial charge in [-0.05, 0) is 30.6 Å². The summed E-state index contributed by atoms with van der Waals surface area (Å²) in [6.45, 7) is 5.27. The van der Waals surface area contributed by atoms with Gasteiger partial charge in [-0.25, -0.2) is 9.97 Å². The van der Waals surface area contributed by atoms with E-state index < -0.39 is 0 Å². The molecule has 1 heterocycles. The van der Waals surface area contributed by atoms with E-state index in [1.807, 2.05) is 0 Å². The average Bonchev–Trinajstić information content (AvgIpc) is 2.84. The lowest BCUT2D eigenvalue weighted by Gasteiger charge is -2.18. The Morgan fingerprint density at radius 2 is 2.11 bits per heavy atom. The summed E-state index contributed by atoms with van der Waals surface area (Å²) in [4.78, 5) is 8.56. The molecule has 1 fully saturated rings. The Morgan fingerprint density at radius 3 is 2.83 bits per heavy atom. The van der Waals surface area contributed by atoms with Gasteiger partial charge < -0.3 is 5.32 Å². The zero-order chi connectivity index (χ0) is 13.0. The number of nitrogens with one attached hydrogen (secondary N) is 1. The van der Waals surface area contributed by atoms with Gasteiger partial charge in [-0.15, -0.1) is 11.6 Å². The zero-order valence-electron chi connectivity index (χ0n) is 11.2. The van der Waals surface area contributed by atoms with Gasteiger partial charge in [-0.1, -0.05) is 20.3 Å². The second-order valence-corrected chi connectivity index (χ2v) is 5.78. The van der Waals surface area contributed by atoms with Crippen LogP contribution in [0.25, 0.3) is 0 Å². The van der Waals surface area contributed by atoms with Crippen LogP contribution in [0.3, 0.4) is 0 Å². The first-order valence-corrected chi connectivity index (χ1v) is 7.36. The van der Waals surface area contributed by atoms with E-state index in [0.717, 1.165) is 23.9 Å². The van der Waals surface area contributed by atoms with Crippen molar-refractivity contribution in [2.24, 2.45) is 11.8 Å². The number of aromatic nitrogens is 2. The largest absolute Gasteiger partial charge is 0.370 e. The van der Waals surface area contributed by atoms with Crippen LogP contribution < -0.4 is 5.32 Å². The van der Waals surface area contributed by atoms with Gasteiger partial charge in [0, 0.05) is 24.2 Å². The molecule has 0 aromatic carbocycles. The molecule has 1 aliphatic rings. The Hall–Kier alpha value is -0.830. The smallest absolute Gasteiger partial charge is 0.129 e. The molecule has 1 aromatic rings. The van der Waals surface area contributed by atoms with Gasteiger partial charge in [0.2, 0.25) is 0 Å². The van der Waals surface area contributed by atoms with Crippen LogP contribution in [0.4, 0.5) is 5.82 Å². The normalized spacial score (nSPS) is 23.6. The maximum atomic E-state index is 6.00. The fraction of sp³-hybridized carbons (Fsp3) is 0.714. The molecule has 2 unspecified atom stereocenters. The second-order valence-electron chi connectivity index (χ2n) is 5.47. The molecule has 2 atom stereocenters. The third-order valence-corrected chi connectivity index (χ3v) is 4.24. The molecule has 1 N–H and O–H groups in total. The van der Waals surface area contributed by atoms with Crippen LogP contribution in [0.1, 0.15) is 44.7 Å². The van der Waals surface area contributed by atoms with E-state index in [1.54, 1.807) is 6.33 Å². The molecule has 100 valence electrons. The van der Waals surface area contributed by atoms with E-state index in [4.69, 9.17) is 11.6 Å². The molecule has 18 heavy (non-hydrogen) atoms. The lowest BCUT2D eigenvalue weighted by molar-refractivity contribution is 0.444. The van der Waals surface area contributed by atoms with Gasteiger partial charge in [0.15, 0.2) is 0 Å². The summed E-state index contributed by atoms with van der Waals surface area (Å²) in [6.07, 6.45) is 5.51. The molecule has 3 nitrogen and oxygen atoms in total. The van der Waals surface area contributed by atoms with Gasteiger partial charge in [0.25, 0.3) is 0 Å². The van der Waals surface area contributed by atoms with E-state index in [0.29, 0.717) is 17.8 Å². The summed E-state index contributed by atoms with van der Waals surface area (Å²) in [5.41, 5.74) is 1.09. The van der Waals surface area contributed by atoms with E-state index in [2.05, 4.69) is 35.2 Å². The maximum Gasteiger partial charge on any atom is 0.129 e. The molecule has 0 bridgehead atoms. The van der Waals surface area contributed by atoms with Gasteiger partial charge in [0.1, 0.15) is 12.1 Å². The lowest BCUT2D eigenvalue weighted by Crippen LogP contribution is -2.20. The van der Waals surface area contributed by atoms with Crippen molar-refractivity contribution in [2.45, 2.75) is 39.0 Å². The highest BCUT2D eigenvalue weighted by molar-refractivity contribution is 6.18. The molecule has 0 spiro atoms. The Bertz CT molecular complexity index is 381. The molecule has 0 amide bonds. The second kappa shape index (κ2) is 6.37. The van der Waals surface area contributed by atoms with Crippen LogP contribution in [0.2, 0.25) is 0 Å². The van der Waals surface area contributed by atoms with Crippen molar-refractivity contribution in [2.75, 3.05) is 17.7 Å². The minimum absolute atomic E-state index is 0.440. The number of nitrogens with zero attached hydrogens (tertiary/aromatic N) is 2. The Balaban J connectivity index is 1.91. The number of alkyl halides is 1. The van der Waals surface area contributed by atoms with Crippen LogP contribution in [0.5, 0.6) is 0 Å². The number of rotatable bonds is 5. The fourth-order valence-corrected chi connectivity index (χ4v) is 3.01. The van der Waals surface area contributed by atoms with Gasteiger partial charge in [0.05, 0.1) is 0 Å². The van der Waals surface area contributed by atoms with Crippen molar-refractivity contribution in [3.05, 3.63) is 18.1 Å². The van der Waals surface area contributed by atoms with Gasteiger partial charge in [-0.2, -0.15) is 0 Å². The summed E-state index contributed by atoms with van der Waals surface area (Å²) in [5, 5.41) is 3.44. The Morgan fingerprint density at radius 1 is 1.33 bits per heavy atom. The Kier molecular flexibility index (Phi) is 4.81. The highest BCUT2D eigenvalue weighted by Crippen LogP contribution is 2.32. The van der Waals surface area contributed by atoms with E-state index in [1.165, 1.54) is 19.3 Å². The first-order valence-electron chi connectivity index (χ1n) is 6.82. The van der Waals surface area contributed by atoms with E-state index in [9.17, 15) is 0 Å². The summed E-state index contributed by atoms with van der Waals surface area (Å²) in [7, 11) is 0. The van der Waals surface area contributed by atoms with Crippen molar-refractivity contribution in [3.63, 3.8) is 0 Å². The molecular formula is C14H22ClN3. The highest BCUT2D eigenvalue weighted by atomic mass is 35.5. The fourth-order valence-electron chi connectivity index (χ4n) is 2.61. The molecule has 0 radical (unpaired) electrons. The average molecular weight is 268 g/mol. The first kappa shape index (κ1) is 13.6.